The van der Waals surface area contributed by atoms with E-state index in [1.165, 1.54) is 11.3 Å². The molecule has 0 radical (unpaired) electrons. The van der Waals surface area contributed by atoms with Gasteiger partial charge < -0.3 is 4.57 Å². The quantitative estimate of drug-likeness (QED) is 0.617. The van der Waals surface area contributed by atoms with Gasteiger partial charge in [0.15, 0.2) is 5.13 Å². The van der Waals surface area contributed by atoms with Crippen molar-refractivity contribution in [2.75, 3.05) is 5.32 Å². The zero-order chi connectivity index (χ0) is 16.5. The van der Waals surface area contributed by atoms with Crippen molar-refractivity contribution in [2.45, 2.75) is 0 Å². The van der Waals surface area contributed by atoms with Gasteiger partial charge in [-0.3, -0.25) is 15.1 Å². The Morgan fingerprint density at radius 3 is 3.00 bits per heavy atom. The van der Waals surface area contributed by atoms with Gasteiger partial charge in [-0.2, -0.15) is 0 Å². The summed E-state index contributed by atoms with van der Waals surface area (Å²) >= 11 is 1.40. The lowest BCUT2D eigenvalue weighted by Gasteiger charge is -2.03. The smallest absolute Gasteiger partial charge is 0.257 e. The number of fused-ring (bicyclic) bond motifs is 1. The van der Waals surface area contributed by atoms with Crippen molar-refractivity contribution < 1.29 is 4.79 Å². The first-order valence-corrected chi connectivity index (χ1v) is 8.31. The van der Waals surface area contributed by atoms with Crippen LogP contribution in [0.5, 0.6) is 0 Å². The number of nitrogens with zero attached hydrogens (tertiary/aromatic N) is 3. The minimum atomic E-state index is -0.159. The molecule has 24 heavy (non-hydrogen) atoms. The number of thiazole rings is 1. The molecule has 0 bridgehead atoms. The average Bonchev–Trinajstić information content (AvgIpc) is 3.22. The number of aryl methyl sites for hydroxylation is 1. The molecule has 4 rings (SSSR count). The molecule has 0 unspecified atom stereocenters. The third-order valence-corrected chi connectivity index (χ3v) is 4.59. The van der Waals surface area contributed by atoms with Crippen molar-refractivity contribution >= 4 is 33.3 Å². The van der Waals surface area contributed by atoms with Crippen LogP contribution in [0.1, 0.15) is 10.4 Å². The predicted octanol–water partition coefficient (Wildman–Crippen LogP) is 3.95. The van der Waals surface area contributed by atoms with E-state index in [2.05, 4.69) is 15.3 Å². The Hall–Kier alpha value is -2.99. The van der Waals surface area contributed by atoms with Crippen molar-refractivity contribution in [3.05, 3.63) is 65.9 Å². The summed E-state index contributed by atoms with van der Waals surface area (Å²) in [5, 5.41) is 6.39. The second-order valence-electron chi connectivity index (χ2n) is 5.43. The van der Waals surface area contributed by atoms with Crippen LogP contribution in [0.25, 0.3) is 22.2 Å². The molecule has 0 saturated heterocycles. The lowest BCUT2D eigenvalue weighted by atomic mass is 10.1. The third kappa shape index (κ3) is 2.68. The van der Waals surface area contributed by atoms with Gasteiger partial charge in [-0.1, -0.05) is 0 Å². The SMILES string of the molecule is Cn1ccc2cc(C(=O)Nc3nc(-c4cccnc4)cs3)ccc21. The maximum absolute atomic E-state index is 12.4. The van der Waals surface area contributed by atoms with Crippen molar-refractivity contribution in [1.82, 2.24) is 14.5 Å². The van der Waals surface area contributed by atoms with Gasteiger partial charge in [-0.15, -0.1) is 11.3 Å². The number of pyridine rings is 1. The summed E-state index contributed by atoms with van der Waals surface area (Å²) in [5.41, 5.74) is 3.45. The van der Waals surface area contributed by atoms with Crippen LogP contribution in [-0.2, 0) is 7.05 Å². The van der Waals surface area contributed by atoms with Crippen LogP contribution >= 0.6 is 11.3 Å². The van der Waals surface area contributed by atoms with Crippen LogP contribution < -0.4 is 5.32 Å². The topological polar surface area (TPSA) is 59.8 Å². The summed E-state index contributed by atoms with van der Waals surface area (Å²) in [6.45, 7) is 0. The summed E-state index contributed by atoms with van der Waals surface area (Å²) in [7, 11) is 1.98. The number of carbonyl (C=O) groups is 1. The second kappa shape index (κ2) is 5.90. The lowest BCUT2D eigenvalue weighted by Crippen LogP contribution is -2.11. The molecule has 6 heteroatoms. The number of amides is 1. The third-order valence-electron chi connectivity index (χ3n) is 3.83. The number of nitrogens with one attached hydrogen (secondary N) is 1. The van der Waals surface area contributed by atoms with E-state index in [9.17, 15) is 4.79 Å². The summed E-state index contributed by atoms with van der Waals surface area (Å²) in [4.78, 5) is 21.0. The monoisotopic (exact) mass is 334 g/mol. The fourth-order valence-corrected chi connectivity index (χ4v) is 3.28. The molecule has 118 valence electrons. The number of hydrogen-bond donors (Lipinski definition) is 1. The van der Waals surface area contributed by atoms with Crippen molar-refractivity contribution in [3.63, 3.8) is 0 Å². The summed E-state index contributed by atoms with van der Waals surface area (Å²) in [5.74, 6) is -0.159. The molecule has 1 amide bonds. The minimum absolute atomic E-state index is 0.159. The average molecular weight is 334 g/mol. The van der Waals surface area contributed by atoms with Crippen LogP contribution in [0.15, 0.2) is 60.4 Å². The lowest BCUT2D eigenvalue weighted by molar-refractivity contribution is 0.102. The predicted molar refractivity (Wildman–Crippen MR) is 96.2 cm³/mol. The number of aromatic nitrogens is 3. The molecule has 4 aromatic rings. The van der Waals surface area contributed by atoms with E-state index in [0.29, 0.717) is 10.7 Å². The molecule has 3 aromatic heterocycles. The second-order valence-corrected chi connectivity index (χ2v) is 6.29. The van der Waals surface area contributed by atoms with Crippen LogP contribution in [0.2, 0.25) is 0 Å². The van der Waals surface area contributed by atoms with E-state index < -0.39 is 0 Å². The summed E-state index contributed by atoms with van der Waals surface area (Å²) < 4.78 is 2.03. The van der Waals surface area contributed by atoms with E-state index in [1.54, 1.807) is 12.4 Å². The Balaban J connectivity index is 1.56. The van der Waals surface area contributed by atoms with Crippen LogP contribution in [0.4, 0.5) is 5.13 Å². The van der Waals surface area contributed by atoms with E-state index in [4.69, 9.17) is 0 Å². The standard InChI is InChI=1S/C18H14N4OS/c1-22-8-6-12-9-13(4-5-16(12)22)17(23)21-18-20-15(11-24-18)14-3-2-7-19-10-14/h2-11H,1H3,(H,20,21,23). The molecule has 0 spiro atoms. The number of rotatable bonds is 3. The molecule has 1 N–H and O–H groups in total. The first kappa shape index (κ1) is 14.6. The molecule has 5 nitrogen and oxygen atoms in total. The summed E-state index contributed by atoms with van der Waals surface area (Å²) in [6.07, 6.45) is 5.45. The zero-order valence-corrected chi connectivity index (χ0v) is 13.7. The normalized spacial score (nSPS) is 10.9. The van der Waals surface area contributed by atoms with Gasteiger partial charge >= 0.3 is 0 Å². The molecule has 0 aliphatic carbocycles. The highest BCUT2D eigenvalue weighted by molar-refractivity contribution is 7.14. The Morgan fingerprint density at radius 2 is 2.17 bits per heavy atom. The van der Waals surface area contributed by atoms with Gasteiger partial charge in [0.25, 0.3) is 5.91 Å². The van der Waals surface area contributed by atoms with Crippen LogP contribution in [-0.4, -0.2) is 20.4 Å². The van der Waals surface area contributed by atoms with Crippen LogP contribution in [0, 0.1) is 0 Å². The first-order valence-electron chi connectivity index (χ1n) is 7.43. The molecule has 0 aliphatic rings. The van der Waals surface area contributed by atoms with Gasteiger partial charge in [0.05, 0.1) is 5.69 Å². The Labute approximate surface area is 142 Å². The highest BCUT2D eigenvalue weighted by Gasteiger charge is 2.11. The molecular formula is C18H14N4OS. The van der Waals surface area contributed by atoms with Gasteiger partial charge in [0, 0.05) is 53.0 Å². The first-order chi connectivity index (χ1) is 11.7. The van der Waals surface area contributed by atoms with Gasteiger partial charge in [-0.25, -0.2) is 4.98 Å². The van der Waals surface area contributed by atoms with Crippen molar-refractivity contribution in [1.29, 1.82) is 0 Å². The van der Waals surface area contributed by atoms with Crippen LogP contribution in [0.3, 0.4) is 0 Å². The molecular weight excluding hydrogens is 320 g/mol. The number of anilines is 1. The largest absolute Gasteiger partial charge is 0.351 e. The fraction of sp³-hybridized carbons (Fsp3) is 0.0556. The van der Waals surface area contributed by atoms with E-state index in [-0.39, 0.29) is 5.91 Å². The molecule has 1 aromatic carbocycles. The number of hydrogen-bond acceptors (Lipinski definition) is 4. The molecule has 0 saturated carbocycles. The number of benzene rings is 1. The van der Waals surface area contributed by atoms with Crippen molar-refractivity contribution in [3.8, 4) is 11.3 Å². The van der Waals surface area contributed by atoms with E-state index in [1.807, 2.05) is 59.6 Å². The maximum atomic E-state index is 12.4. The maximum Gasteiger partial charge on any atom is 0.257 e. The molecule has 0 atom stereocenters. The molecule has 0 aliphatic heterocycles. The molecule has 0 fully saturated rings. The van der Waals surface area contributed by atoms with Crippen molar-refractivity contribution in [2.24, 2.45) is 7.05 Å². The zero-order valence-electron chi connectivity index (χ0n) is 12.9. The highest BCUT2D eigenvalue weighted by Crippen LogP contribution is 2.25. The Kier molecular flexibility index (Phi) is 3.59. The van der Waals surface area contributed by atoms with Gasteiger partial charge in [0.2, 0.25) is 0 Å². The minimum Gasteiger partial charge on any atom is -0.351 e. The number of carbonyl (C=O) groups excluding carboxylic acids is 1. The Morgan fingerprint density at radius 1 is 1.25 bits per heavy atom. The van der Waals surface area contributed by atoms with E-state index in [0.717, 1.165) is 22.2 Å². The van der Waals surface area contributed by atoms with Gasteiger partial charge in [0.1, 0.15) is 0 Å². The highest BCUT2D eigenvalue weighted by atomic mass is 32.1. The fourth-order valence-electron chi connectivity index (χ4n) is 2.57. The van der Waals surface area contributed by atoms with E-state index >= 15 is 0 Å². The van der Waals surface area contributed by atoms with Gasteiger partial charge in [-0.05, 0) is 36.4 Å². The molecule has 3 heterocycles. The summed E-state index contributed by atoms with van der Waals surface area (Å²) in [6, 6.07) is 11.5. The Bertz CT molecular complexity index is 1020.